The molecule has 0 aromatic heterocycles. The molecule has 0 spiro atoms. The van der Waals surface area contributed by atoms with Gasteiger partial charge in [-0.15, -0.1) is 11.8 Å². The minimum absolute atomic E-state index is 0.0992. The Kier molecular flexibility index (Phi) is 6.37. The predicted molar refractivity (Wildman–Crippen MR) is 112 cm³/mol. The van der Waals surface area contributed by atoms with Gasteiger partial charge in [-0.2, -0.15) is 0 Å². The number of nitrogens with zero attached hydrogens (tertiary/aromatic N) is 1. The van der Waals surface area contributed by atoms with Crippen molar-refractivity contribution in [3.8, 4) is 5.75 Å². The van der Waals surface area contributed by atoms with Crippen molar-refractivity contribution in [2.75, 3.05) is 19.3 Å². The van der Waals surface area contributed by atoms with Gasteiger partial charge < -0.3 is 10.0 Å². The van der Waals surface area contributed by atoms with Crippen LogP contribution in [0, 0.1) is 0 Å². The van der Waals surface area contributed by atoms with Crippen LogP contribution in [0.1, 0.15) is 71.1 Å². The zero-order chi connectivity index (χ0) is 19.7. The van der Waals surface area contributed by atoms with Gasteiger partial charge in [-0.05, 0) is 46.8 Å². The van der Waals surface area contributed by atoms with E-state index in [2.05, 4.69) is 53.7 Å². The van der Waals surface area contributed by atoms with E-state index >= 15 is 0 Å². The highest BCUT2D eigenvalue weighted by atomic mass is 32.2. The number of rotatable bonds is 4. The van der Waals surface area contributed by atoms with Crippen molar-refractivity contribution >= 4 is 17.7 Å². The summed E-state index contributed by atoms with van der Waals surface area (Å²) in [5, 5.41) is 10.9. The summed E-state index contributed by atoms with van der Waals surface area (Å²) in [5.74, 6) is 1.75. The summed E-state index contributed by atoms with van der Waals surface area (Å²) < 4.78 is 0. The van der Waals surface area contributed by atoms with Crippen LogP contribution in [0.15, 0.2) is 12.1 Å². The summed E-state index contributed by atoms with van der Waals surface area (Å²) in [6, 6.07) is 4.32. The number of carbonyl (C=O) groups is 1. The first-order valence-electron chi connectivity index (χ1n) is 9.64. The number of aryl methyl sites for hydroxylation is 1. The molecule has 0 radical (unpaired) electrons. The molecule has 1 aromatic rings. The predicted octanol–water partition coefficient (Wildman–Crippen LogP) is 4.88. The number of phenolic OH excluding ortho intramolecular Hbond substituents is 1. The van der Waals surface area contributed by atoms with Crippen LogP contribution < -0.4 is 0 Å². The van der Waals surface area contributed by atoms with Gasteiger partial charge in [0.1, 0.15) is 5.75 Å². The Morgan fingerprint density at radius 1 is 1.12 bits per heavy atom. The Balaban J connectivity index is 2.17. The highest BCUT2D eigenvalue weighted by Crippen LogP contribution is 2.40. The van der Waals surface area contributed by atoms with E-state index in [1.54, 1.807) is 11.8 Å². The monoisotopic (exact) mass is 377 g/mol. The van der Waals surface area contributed by atoms with E-state index in [1.807, 2.05) is 11.9 Å². The molecule has 1 aliphatic rings. The summed E-state index contributed by atoms with van der Waals surface area (Å²) in [5.41, 5.74) is 3.10. The fraction of sp³-hybridized carbons (Fsp3) is 0.682. The minimum Gasteiger partial charge on any atom is -0.507 e. The number of hydrogen-bond acceptors (Lipinski definition) is 3. The van der Waals surface area contributed by atoms with E-state index in [0.29, 0.717) is 5.75 Å². The first-order valence-corrected chi connectivity index (χ1v) is 10.7. The lowest BCUT2D eigenvalue weighted by atomic mass is 9.78. The van der Waals surface area contributed by atoms with Crippen molar-refractivity contribution < 1.29 is 9.90 Å². The first kappa shape index (κ1) is 21.1. The zero-order valence-electron chi connectivity index (χ0n) is 17.5. The van der Waals surface area contributed by atoms with Crippen LogP contribution in [0.4, 0.5) is 0 Å². The topological polar surface area (TPSA) is 40.5 Å². The van der Waals surface area contributed by atoms with Crippen molar-refractivity contribution in [1.29, 1.82) is 0 Å². The van der Waals surface area contributed by atoms with E-state index in [-0.39, 0.29) is 22.0 Å². The lowest BCUT2D eigenvalue weighted by Crippen LogP contribution is -2.40. The number of amides is 1. The molecule has 2 rings (SSSR count). The van der Waals surface area contributed by atoms with Gasteiger partial charge in [0.25, 0.3) is 0 Å². The maximum atomic E-state index is 12.3. The van der Waals surface area contributed by atoms with E-state index in [9.17, 15) is 9.90 Å². The van der Waals surface area contributed by atoms with Crippen LogP contribution in [-0.4, -0.2) is 40.5 Å². The van der Waals surface area contributed by atoms with E-state index in [0.717, 1.165) is 42.7 Å². The van der Waals surface area contributed by atoms with Crippen LogP contribution in [-0.2, 0) is 22.0 Å². The third kappa shape index (κ3) is 4.97. The second-order valence-electron chi connectivity index (χ2n) is 9.55. The molecule has 1 amide bonds. The number of aromatic hydroxyl groups is 1. The van der Waals surface area contributed by atoms with Crippen molar-refractivity contribution in [2.24, 2.45) is 0 Å². The molecule has 1 saturated heterocycles. The molecule has 26 heavy (non-hydrogen) atoms. The number of hydrogen-bond donors (Lipinski definition) is 1. The fourth-order valence-electron chi connectivity index (χ4n) is 3.44. The largest absolute Gasteiger partial charge is 0.507 e. The maximum absolute atomic E-state index is 12.3. The molecule has 1 fully saturated rings. The molecular formula is C22H35NO2S. The lowest BCUT2D eigenvalue weighted by molar-refractivity contribution is -0.129. The molecule has 146 valence electrons. The average Bonchev–Trinajstić information content (AvgIpc) is 2.50. The molecule has 1 atom stereocenters. The van der Waals surface area contributed by atoms with Crippen molar-refractivity contribution in [1.82, 2.24) is 4.90 Å². The van der Waals surface area contributed by atoms with Crippen LogP contribution in [0.3, 0.4) is 0 Å². The normalized spacial score (nSPS) is 19.1. The quantitative estimate of drug-likeness (QED) is 0.812. The van der Waals surface area contributed by atoms with Gasteiger partial charge in [-0.1, -0.05) is 53.7 Å². The van der Waals surface area contributed by atoms with Gasteiger partial charge >= 0.3 is 0 Å². The minimum atomic E-state index is -0.0992. The number of thioether (sulfide) groups is 1. The molecule has 1 N–H and O–H groups in total. The van der Waals surface area contributed by atoms with Crippen molar-refractivity contribution in [3.63, 3.8) is 0 Å². The van der Waals surface area contributed by atoms with Crippen LogP contribution >= 0.6 is 11.8 Å². The Morgan fingerprint density at radius 3 is 2.15 bits per heavy atom. The van der Waals surface area contributed by atoms with Crippen LogP contribution in [0.5, 0.6) is 5.75 Å². The lowest BCUT2D eigenvalue weighted by Gasteiger charge is -2.29. The number of carbonyl (C=O) groups excluding carboxylic acids is 1. The molecule has 1 unspecified atom stereocenters. The first-order chi connectivity index (χ1) is 11.9. The second-order valence-corrected chi connectivity index (χ2v) is 10.9. The van der Waals surface area contributed by atoms with Crippen molar-refractivity contribution in [3.05, 3.63) is 28.8 Å². The maximum Gasteiger partial charge on any atom is 0.235 e. The second kappa shape index (κ2) is 7.84. The molecule has 4 heteroatoms. The highest BCUT2D eigenvalue weighted by molar-refractivity contribution is 8.00. The summed E-state index contributed by atoms with van der Waals surface area (Å²) >= 11 is 1.80. The van der Waals surface area contributed by atoms with E-state index in [4.69, 9.17) is 0 Å². The Hall–Kier alpha value is -1.16. The molecule has 0 aliphatic carbocycles. The third-order valence-corrected chi connectivity index (χ3v) is 6.37. The SMILES string of the molecule is CN1CCSC(CCCc2cc(C(C)(C)C)c(O)c(C(C)(C)C)c2)C1=O. The van der Waals surface area contributed by atoms with Gasteiger partial charge in [0.15, 0.2) is 0 Å². The molecule has 3 nitrogen and oxygen atoms in total. The number of phenols is 1. The van der Waals surface area contributed by atoms with Gasteiger partial charge in [-0.3, -0.25) is 4.79 Å². The molecule has 0 saturated carbocycles. The van der Waals surface area contributed by atoms with Crippen LogP contribution in [0.25, 0.3) is 0 Å². The summed E-state index contributed by atoms with van der Waals surface area (Å²) in [7, 11) is 1.90. The number of benzene rings is 1. The molecule has 1 heterocycles. The molecule has 1 aliphatic heterocycles. The molecular weight excluding hydrogens is 342 g/mol. The van der Waals surface area contributed by atoms with E-state index in [1.165, 1.54) is 5.56 Å². The molecule has 1 aromatic carbocycles. The Labute approximate surface area is 163 Å². The Bertz CT molecular complexity index is 620. The average molecular weight is 378 g/mol. The van der Waals surface area contributed by atoms with E-state index < -0.39 is 0 Å². The van der Waals surface area contributed by atoms with Gasteiger partial charge in [0.05, 0.1) is 5.25 Å². The van der Waals surface area contributed by atoms with Crippen molar-refractivity contribution in [2.45, 2.75) is 76.9 Å². The summed E-state index contributed by atoms with van der Waals surface area (Å²) in [6.07, 6.45) is 2.86. The standard InChI is InChI=1S/C22H35NO2S/c1-21(2,3)16-13-15(14-17(19(16)24)22(4,5)6)9-8-10-18-20(25)23(7)11-12-26-18/h13-14,18,24H,8-12H2,1-7H3. The van der Waals surface area contributed by atoms with Gasteiger partial charge in [0.2, 0.25) is 5.91 Å². The van der Waals surface area contributed by atoms with Gasteiger partial charge in [-0.25, -0.2) is 0 Å². The Morgan fingerprint density at radius 2 is 1.65 bits per heavy atom. The van der Waals surface area contributed by atoms with Gasteiger partial charge in [0, 0.05) is 19.3 Å². The highest BCUT2D eigenvalue weighted by Gasteiger charge is 2.28. The summed E-state index contributed by atoms with van der Waals surface area (Å²) in [6.45, 7) is 13.7. The van der Waals surface area contributed by atoms with Crippen LogP contribution in [0.2, 0.25) is 0 Å². The summed E-state index contributed by atoms with van der Waals surface area (Å²) in [4.78, 5) is 14.1. The third-order valence-electron chi connectivity index (χ3n) is 5.11. The molecule has 0 bridgehead atoms. The fourth-order valence-corrected chi connectivity index (χ4v) is 4.76. The smallest absolute Gasteiger partial charge is 0.235 e. The zero-order valence-corrected chi connectivity index (χ0v) is 18.3.